The summed E-state index contributed by atoms with van der Waals surface area (Å²) in [6, 6.07) is -0.684. The lowest BCUT2D eigenvalue weighted by molar-refractivity contribution is -0.306. The van der Waals surface area contributed by atoms with Gasteiger partial charge in [0.1, 0.15) is 18.1 Å². The normalized spacial score (nSPS) is 44.8. The predicted octanol–water partition coefficient (Wildman–Crippen LogP) is 3.02. The molecule has 0 aromatic heterocycles. The average Bonchev–Trinajstić information content (AvgIpc) is 3.20. The van der Waals surface area contributed by atoms with Gasteiger partial charge in [0.2, 0.25) is 0 Å². The molecule has 16 heteroatoms. The molecule has 3 aliphatic heterocycles. The molecule has 0 amide bonds. The van der Waals surface area contributed by atoms with Gasteiger partial charge in [0.25, 0.3) is 0 Å². The van der Waals surface area contributed by atoms with E-state index in [2.05, 4.69) is 0 Å². The minimum absolute atomic E-state index is 0.123. The van der Waals surface area contributed by atoms with Crippen LogP contribution < -0.4 is 5.73 Å². The number of carbonyl (C=O) groups is 2. The van der Waals surface area contributed by atoms with Crippen molar-refractivity contribution in [2.45, 2.75) is 178 Å². The lowest BCUT2D eigenvalue weighted by Gasteiger charge is -2.45. The van der Waals surface area contributed by atoms with Crippen molar-refractivity contribution in [2.24, 2.45) is 29.4 Å². The van der Waals surface area contributed by atoms with E-state index in [1.807, 2.05) is 62.5 Å². The Balaban J connectivity index is 1.84. The van der Waals surface area contributed by atoms with Crippen LogP contribution in [0.4, 0.5) is 0 Å². The number of carboxylic acid groups (broad SMARTS) is 1. The molecule has 3 aliphatic rings. The van der Waals surface area contributed by atoms with Gasteiger partial charge in [0.15, 0.2) is 12.1 Å². The summed E-state index contributed by atoms with van der Waals surface area (Å²) in [4.78, 5) is 25.1. The molecule has 18 atom stereocenters. The van der Waals surface area contributed by atoms with Gasteiger partial charge in [-0.2, -0.15) is 0 Å². The number of rotatable bonds is 3. The zero-order chi connectivity index (χ0) is 47.6. The number of aliphatic carboxylic acids is 1. The second kappa shape index (κ2) is 27.3. The molecule has 5 unspecified atom stereocenters. The Kier molecular flexibility index (Phi) is 23.5. The SMILES string of the molecule is CC1OC(O[C@H]2/C=C/C=C/C=C/C=C/C=C/C=C/C=C/[C@H](C)[C@@H](O)[C@@H](C)[C@H](C)OC(=O)C[C@H](O)C[C@H](O)CCC[C@H](O)C[C@H](O)C[C@]3(O)C[C@H](O)[C@@H](C(=O)O)[C@H](C2)O3)C(O)C(N)C1C. The molecule has 11 N–H and O–H groups in total. The molecule has 0 radical (unpaired) electrons. The number of aliphatic hydroxyl groups excluding tert-OH is 7. The van der Waals surface area contributed by atoms with E-state index < -0.39 is 116 Å². The number of aliphatic hydroxyl groups is 8. The van der Waals surface area contributed by atoms with E-state index in [9.17, 15) is 55.5 Å². The summed E-state index contributed by atoms with van der Waals surface area (Å²) in [6.07, 6.45) is 10.7. The Bertz CT molecular complexity index is 1630. The Morgan fingerprint density at radius 1 is 0.688 bits per heavy atom. The summed E-state index contributed by atoms with van der Waals surface area (Å²) >= 11 is 0. The van der Waals surface area contributed by atoms with Crippen LogP contribution in [0.5, 0.6) is 0 Å². The molecule has 0 aliphatic carbocycles. The van der Waals surface area contributed by atoms with Crippen LogP contribution >= 0.6 is 0 Å². The maximum Gasteiger partial charge on any atom is 0.311 e. The van der Waals surface area contributed by atoms with Crippen LogP contribution in [-0.2, 0) is 28.5 Å². The highest BCUT2D eigenvalue weighted by atomic mass is 16.7. The van der Waals surface area contributed by atoms with Gasteiger partial charge >= 0.3 is 11.9 Å². The summed E-state index contributed by atoms with van der Waals surface area (Å²) < 4.78 is 23.6. The van der Waals surface area contributed by atoms with Crippen molar-refractivity contribution < 1.29 is 74.5 Å². The lowest BCUT2D eigenvalue weighted by Crippen LogP contribution is -2.58. The molecule has 0 spiro atoms. The maximum atomic E-state index is 12.6. The molecule has 0 aromatic carbocycles. The predicted molar refractivity (Wildman–Crippen MR) is 239 cm³/mol. The van der Waals surface area contributed by atoms with E-state index in [1.165, 1.54) is 0 Å². The second-order valence-corrected chi connectivity index (χ2v) is 17.8. The van der Waals surface area contributed by atoms with E-state index in [0.29, 0.717) is 6.42 Å². The van der Waals surface area contributed by atoms with Crippen LogP contribution in [0, 0.1) is 23.7 Å². The molecule has 2 saturated heterocycles. The number of esters is 1. The van der Waals surface area contributed by atoms with Crippen LogP contribution in [0.25, 0.3) is 0 Å². The second-order valence-electron chi connectivity index (χ2n) is 17.8. The van der Waals surface area contributed by atoms with Crippen LogP contribution in [0.1, 0.15) is 92.4 Å². The zero-order valence-electron chi connectivity index (χ0n) is 37.8. The molecular formula is C48H75NO15. The number of allylic oxidation sites excluding steroid dienone is 12. The average molecular weight is 906 g/mol. The fourth-order valence-corrected chi connectivity index (χ4v) is 8.15. The van der Waals surface area contributed by atoms with Gasteiger partial charge in [0, 0.05) is 37.1 Å². The van der Waals surface area contributed by atoms with E-state index in [4.69, 9.17) is 24.7 Å². The number of nitrogens with two attached hydrogens (primary N) is 1. The van der Waals surface area contributed by atoms with Crippen molar-refractivity contribution in [3.05, 3.63) is 85.1 Å². The fraction of sp³-hybridized carbons (Fsp3) is 0.667. The molecule has 3 heterocycles. The number of hydrogen-bond donors (Lipinski definition) is 10. The first-order valence-electron chi connectivity index (χ1n) is 22.5. The van der Waals surface area contributed by atoms with Gasteiger partial charge in [-0.05, 0) is 51.9 Å². The van der Waals surface area contributed by atoms with Crippen LogP contribution in [0.15, 0.2) is 85.1 Å². The van der Waals surface area contributed by atoms with Crippen LogP contribution in [0.3, 0.4) is 0 Å². The molecule has 0 saturated carbocycles. The standard InChI is InChI=1S/C48H75NO15/c1-29-19-16-14-12-10-8-6-7-9-11-13-15-17-22-38(63-47-45(57)43(49)30(2)32(4)62-47)26-40-42(46(58)59)39(54)28-48(60,64-40)27-37(53)24-35(51)21-18-20-34(50)23-36(52)25-41(55)61-33(5)31(3)44(29)56/h6-17,19,22,29-40,42-45,47,50-54,56-57,60H,18,20-21,23-28,49H2,1-5H3,(H,58,59)/b7-6+,10-8+,11-9+,14-12+,15-13+,19-16+,22-17+/t29-,30?,31-,32?,33-,34+,35-,36+,37-,38-,39-,40-,42+,43?,44+,45?,47?,48+/m0/s1. The number of ether oxygens (including phenoxy) is 4. The fourth-order valence-electron chi connectivity index (χ4n) is 8.15. The van der Waals surface area contributed by atoms with Gasteiger partial charge in [-0.25, -0.2) is 0 Å². The van der Waals surface area contributed by atoms with Crippen molar-refractivity contribution in [1.82, 2.24) is 0 Å². The third kappa shape index (κ3) is 18.5. The highest BCUT2D eigenvalue weighted by Crippen LogP contribution is 2.38. The first-order valence-corrected chi connectivity index (χ1v) is 22.5. The van der Waals surface area contributed by atoms with E-state index in [-0.39, 0.29) is 56.5 Å². The summed E-state index contributed by atoms with van der Waals surface area (Å²) in [6.45, 7) is 8.93. The van der Waals surface area contributed by atoms with Crippen molar-refractivity contribution in [1.29, 1.82) is 0 Å². The van der Waals surface area contributed by atoms with Gasteiger partial charge in [-0.1, -0.05) is 106 Å². The number of cyclic esters (lactones) is 1. The minimum Gasteiger partial charge on any atom is -0.481 e. The number of fused-ring (bicyclic) bond motifs is 2. The van der Waals surface area contributed by atoms with E-state index >= 15 is 0 Å². The Hall–Kier alpha value is -3.36. The number of carboxylic acids is 1. The molecule has 2 fully saturated rings. The highest BCUT2D eigenvalue weighted by Gasteiger charge is 2.50. The van der Waals surface area contributed by atoms with Crippen LogP contribution in [0.2, 0.25) is 0 Å². The molecule has 0 aromatic rings. The zero-order valence-corrected chi connectivity index (χ0v) is 37.8. The molecular weight excluding hydrogens is 831 g/mol. The smallest absolute Gasteiger partial charge is 0.311 e. The summed E-state index contributed by atoms with van der Waals surface area (Å²) in [5.41, 5.74) is 6.27. The molecule has 362 valence electrons. The highest BCUT2D eigenvalue weighted by molar-refractivity contribution is 5.71. The molecule has 2 bridgehead atoms. The van der Waals surface area contributed by atoms with Gasteiger partial charge in [0.05, 0.1) is 61.4 Å². The maximum absolute atomic E-state index is 12.6. The molecule has 64 heavy (non-hydrogen) atoms. The van der Waals surface area contributed by atoms with Gasteiger partial charge < -0.3 is 70.6 Å². The molecule has 3 rings (SSSR count). The Labute approximate surface area is 377 Å². The molecule has 16 nitrogen and oxygen atoms in total. The summed E-state index contributed by atoms with van der Waals surface area (Å²) in [5, 5.41) is 97.4. The first-order chi connectivity index (χ1) is 30.2. The summed E-state index contributed by atoms with van der Waals surface area (Å²) in [7, 11) is 0. The van der Waals surface area contributed by atoms with E-state index in [0.717, 1.165) is 0 Å². The first kappa shape index (κ1) is 55.0. The summed E-state index contributed by atoms with van der Waals surface area (Å²) in [5.74, 6) is -6.62. The monoisotopic (exact) mass is 906 g/mol. The van der Waals surface area contributed by atoms with E-state index in [1.54, 1.807) is 57.2 Å². The van der Waals surface area contributed by atoms with Gasteiger partial charge in [-0.3, -0.25) is 9.59 Å². The lowest BCUT2D eigenvalue weighted by atomic mass is 9.82. The van der Waals surface area contributed by atoms with Crippen molar-refractivity contribution >= 4 is 11.9 Å². The number of hydrogen-bond acceptors (Lipinski definition) is 15. The Morgan fingerprint density at radius 2 is 1.22 bits per heavy atom. The minimum atomic E-state index is -2.20. The largest absolute Gasteiger partial charge is 0.481 e. The van der Waals surface area contributed by atoms with Crippen LogP contribution in [-0.4, -0.2) is 143 Å². The topological polar surface area (TPSA) is 279 Å². The van der Waals surface area contributed by atoms with Crippen molar-refractivity contribution in [3.8, 4) is 0 Å². The van der Waals surface area contributed by atoms with Crippen molar-refractivity contribution in [2.75, 3.05) is 0 Å². The number of carbonyl (C=O) groups excluding carboxylic acids is 1. The quantitative estimate of drug-likeness (QED) is 0.182. The third-order valence-electron chi connectivity index (χ3n) is 12.4. The Morgan fingerprint density at radius 3 is 1.78 bits per heavy atom. The van der Waals surface area contributed by atoms with Gasteiger partial charge in [-0.15, -0.1) is 0 Å². The van der Waals surface area contributed by atoms with Crippen molar-refractivity contribution in [3.63, 3.8) is 0 Å². The third-order valence-corrected chi connectivity index (χ3v) is 12.4.